The molecule has 0 spiro atoms. The Bertz CT molecular complexity index is 887. The Morgan fingerprint density at radius 1 is 0.933 bits per heavy atom. The molecule has 7 heteroatoms. The zero-order valence-corrected chi connectivity index (χ0v) is 17.3. The highest BCUT2D eigenvalue weighted by Gasteiger charge is 2.37. The molecule has 162 valence electrons. The topological polar surface area (TPSA) is 24.9 Å². The molecule has 2 fully saturated rings. The van der Waals surface area contributed by atoms with Gasteiger partial charge in [0.15, 0.2) is 11.5 Å². The number of ether oxygens (including phenoxy) is 2. The lowest BCUT2D eigenvalue weighted by molar-refractivity contribution is -0.137. The highest BCUT2D eigenvalue weighted by atomic mass is 19.4. The number of halogens is 3. The molecule has 2 atom stereocenters. The number of nitrogens with zero attached hydrogens (tertiary/aromatic N) is 2. The van der Waals surface area contributed by atoms with Gasteiger partial charge in [-0.05, 0) is 55.2 Å². The molecule has 0 N–H and O–H groups in total. The number of hydrogen-bond acceptors (Lipinski definition) is 4. The van der Waals surface area contributed by atoms with Crippen molar-refractivity contribution in [2.45, 2.75) is 37.5 Å². The summed E-state index contributed by atoms with van der Waals surface area (Å²) in [6, 6.07) is 12.4. The van der Waals surface area contributed by atoms with Crippen LogP contribution < -0.4 is 14.4 Å². The lowest BCUT2D eigenvalue weighted by atomic mass is 9.89. The first kappa shape index (κ1) is 20.8. The lowest BCUT2D eigenvalue weighted by Gasteiger charge is -2.49. The molecule has 0 bridgehead atoms. The average molecular weight is 420 g/mol. The van der Waals surface area contributed by atoms with E-state index in [2.05, 4.69) is 15.9 Å². The van der Waals surface area contributed by atoms with E-state index in [1.165, 1.54) is 17.7 Å². The van der Waals surface area contributed by atoms with Crippen LogP contribution in [0.2, 0.25) is 0 Å². The lowest BCUT2D eigenvalue weighted by Crippen LogP contribution is -2.55. The quantitative estimate of drug-likeness (QED) is 0.684. The molecule has 2 saturated heterocycles. The molecule has 0 aromatic heterocycles. The average Bonchev–Trinajstić information content (AvgIpc) is 2.77. The molecule has 4 nitrogen and oxygen atoms in total. The molecule has 0 amide bonds. The molecule has 2 heterocycles. The number of piperidine rings is 1. The summed E-state index contributed by atoms with van der Waals surface area (Å²) >= 11 is 0. The number of fused-ring (bicyclic) bond motifs is 1. The van der Waals surface area contributed by atoms with E-state index >= 15 is 0 Å². The highest BCUT2D eigenvalue weighted by molar-refractivity contribution is 5.50. The first-order chi connectivity index (χ1) is 14.4. The second kappa shape index (κ2) is 8.38. The molecule has 1 unspecified atom stereocenters. The summed E-state index contributed by atoms with van der Waals surface area (Å²) in [5, 5.41) is 0. The van der Waals surface area contributed by atoms with Crippen LogP contribution >= 0.6 is 0 Å². The number of alkyl halides is 3. The van der Waals surface area contributed by atoms with Crippen LogP contribution in [-0.4, -0.2) is 44.8 Å². The van der Waals surface area contributed by atoms with E-state index in [0.29, 0.717) is 24.0 Å². The summed E-state index contributed by atoms with van der Waals surface area (Å²) in [5.74, 6) is 1.43. The Kier molecular flexibility index (Phi) is 5.82. The van der Waals surface area contributed by atoms with Gasteiger partial charge < -0.3 is 14.4 Å². The zero-order valence-electron chi connectivity index (χ0n) is 17.3. The molecule has 0 radical (unpaired) electrons. The van der Waals surface area contributed by atoms with Crippen LogP contribution in [0.25, 0.3) is 0 Å². The first-order valence-electron chi connectivity index (χ1n) is 10.3. The maximum Gasteiger partial charge on any atom is 0.416 e. The molecule has 4 rings (SSSR count). The zero-order chi connectivity index (χ0) is 21.3. The van der Waals surface area contributed by atoms with Gasteiger partial charge in [-0.15, -0.1) is 0 Å². The monoisotopic (exact) mass is 420 g/mol. The van der Waals surface area contributed by atoms with Gasteiger partial charge in [0.25, 0.3) is 0 Å². The van der Waals surface area contributed by atoms with Gasteiger partial charge in [0, 0.05) is 37.4 Å². The number of hydrogen-bond donors (Lipinski definition) is 0. The smallest absolute Gasteiger partial charge is 0.416 e. The van der Waals surface area contributed by atoms with Crippen molar-refractivity contribution in [1.29, 1.82) is 0 Å². The predicted octanol–water partition coefficient (Wildman–Crippen LogP) is 5.14. The van der Waals surface area contributed by atoms with Gasteiger partial charge in [-0.2, -0.15) is 13.2 Å². The number of benzene rings is 2. The largest absolute Gasteiger partial charge is 0.493 e. The second-order valence-corrected chi connectivity index (χ2v) is 7.95. The van der Waals surface area contributed by atoms with Crippen molar-refractivity contribution in [3.8, 4) is 11.5 Å². The van der Waals surface area contributed by atoms with E-state index in [0.717, 1.165) is 44.2 Å². The third-order valence-electron chi connectivity index (χ3n) is 6.27. The molecule has 30 heavy (non-hydrogen) atoms. The summed E-state index contributed by atoms with van der Waals surface area (Å²) in [4.78, 5) is 4.60. The van der Waals surface area contributed by atoms with Gasteiger partial charge in [0.2, 0.25) is 0 Å². The third-order valence-corrected chi connectivity index (χ3v) is 6.27. The molecular weight excluding hydrogens is 393 g/mol. The minimum atomic E-state index is -4.32. The fraction of sp³-hybridized carbons (Fsp3) is 0.478. The van der Waals surface area contributed by atoms with Crippen LogP contribution in [0, 0.1) is 0 Å². The van der Waals surface area contributed by atoms with Crippen LogP contribution in [0.3, 0.4) is 0 Å². The Labute approximate surface area is 175 Å². The van der Waals surface area contributed by atoms with Crippen molar-refractivity contribution in [2.24, 2.45) is 0 Å². The number of piperazine rings is 1. The molecule has 0 aliphatic carbocycles. The van der Waals surface area contributed by atoms with Gasteiger partial charge in [-0.25, -0.2) is 0 Å². The number of anilines is 1. The number of methoxy groups -OCH3 is 2. The number of rotatable bonds is 4. The molecule has 2 aliphatic rings. The van der Waals surface area contributed by atoms with Gasteiger partial charge in [-0.1, -0.05) is 12.1 Å². The van der Waals surface area contributed by atoms with Crippen molar-refractivity contribution in [3.63, 3.8) is 0 Å². The molecule has 2 aromatic carbocycles. The Morgan fingerprint density at radius 2 is 1.73 bits per heavy atom. The van der Waals surface area contributed by atoms with Crippen LogP contribution in [0.1, 0.15) is 36.4 Å². The van der Waals surface area contributed by atoms with Crippen LogP contribution in [-0.2, 0) is 6.18 Å². The minimum absolute atomic E-state index is 0.284. The molecule has 0 saturated carbocycles. The van der Waals surface area contributed by atoms with Gasteiger partial charge in [0.1, 0.15) is 0 Å². The van der Waals surface area contributed by atoms with Crippen molar-refractivity contribution in [1.82, 2.24) is 4.90 Å². The first-order valence-corrected chi connectivity index (χ1v) is 10.3. The van der Waals surface area contributed by atoms with Gasteiger partial charge >= 0.3 is 6.18 Å². The summed E-state index contributed by atoms with van der Waals surface area (Å²) in [7, 11) is 3.26. The van der Waals surface area contributed by atoms with Gasteiger partial charge in [0.05, 0.1) is 19.8 Å². The predicted molar refractivity (Wildman–Crippen MR) is 110 cm³/mol. The third kappa shape index (κ3) is 4.08. The molecule has 2 aromatic rings. The van der Waals surface area contributed by atoms with E-state index in [1.54, 1.807) is 20.3 Å². The minimum Gasteiger partial charge on any atom is -0.493 e. The SMILES string of the molecule is COc1ccc(C2CCC[C@H]3CN(c4cccc(C(F)(F)F)c4)CCN23)cc1OC. The van der Waals surface area contributed by atoms with E-state index in [9.17, 15) is 13.2 Å². The van der Waals surface area contributed by atoms with E-state index in [-0.39, 0.29) is 6.04 Å². The van der Waals surface area contributed by atoms with E-state index in [4.69, 9.17) is 9.47 Å². The van der Waals surface area contributed by atoms with Crippen molar-refractivity contribution < 1.29 is 22.6 Å². The Hall–Kier alpha value is -2.41. The summed E-state index contributed by atoms with van der Waals surface area (Å²) in [6.07, 6.45) is -1.10. The summed E-state index contributed by atoms with van der Waals surface area (Å²) in [6.45, 7) is 2.27. The second-order valence-electron chi connectivity index (χ2n) is 7.95. The Balaban J connectivity index is 1.52. The van der Waals surface area contributed by atoms with Crippen LogP contribution in [0.15, 0.2) is 42.5 Å². The van der Waals surface area contributed by atoms with Crippen LogP contribution in [0.5, 0.6) is 11.5 Å². The summed E-state index contributed by atoms with van der Waals surface area (Å²) in [5.41, 5.74) is 1.26. The van der Waals surface area contributed by atoms with E-state index < -0.39 is 11.7 Å². The fourth-order valence-corrected chi connectivity index (χ4v) is 4.78. The fourth-order valence-electron chi connectivity index (χ4n) is 4.78. The van der Waals surface area contributed by atoms with Gasteiger partial charge in [-0.3, -0.25) is 4.90 Å². The highest BCUT2D eigenvalue weighted by Crippen LogP contribution is 2.40. The maximum atomic E-state index is 13.1. The van der Waals surface area contributed by atoms with Crippen molar-refractivity contribution >= 4 is 5.69 Å². The summed E-state index contributed by atoms with van der Waals surface area (Å²) < 4.78 is 50.2. The van der Waals surface area contributed by atoms with E-state index in [1.807, 2.05) is 12.1 Å². The molecular formula is C23H27F3N2O2. The van der Waals surface area contributed by atoms with Crippen molar-refractivity contribution in [2.75, 3.05) is 38.8 Å². The van der Waals surface area contributed by atoms with Crippen molar-refractivity contribution in [3.05, 3.63) is 53.6 Å². The Morgan fingerprint density at radius 3 is 2.47 bits per heavy atom. The normalized spacial score (nSPS) is 22.5. The molecule has 2 aliphatic heterocycles. The maximum absolute atomic E-state index is 13.1. The standard InChI is InChI=1S/C23H27F3N2O2/c1-29-21-10-9-16(13-22(21)30-2)20-8-4-7-19-15-27(11-12-28(19)20)18-6-3-5-17(14-18)23(24,25)26/h3,5-6,9-10,13-14,19-20H,4,7-8,11-12,15H2,1-2H3/t19-,20?/m0/s1. The van der Waals surface area contributed by atoms with Crippen LogP contribution in [0.4, 0.5) is 18.9 Å².